The first-order valence-corrected chi connectivity index (χ1v) is 6.52. The van der Waals surface area contributed by atoms with Gasteiger partial charge < -0.3 is 9.47 Å². The van der Waals surface area contributed by atoms with Crippen LogP contribution in [0, 0.1) is 0 Å². The zero-order chi connectivity index (χ0) is 14.0. The van der Waals surface area contributed by atoms with Gasteiger partial charge in [0.05, 0.1) is 6.04 Å². The molecule has 1 aromatic carbocycles. The van der Waals surface area contributed by atoms with Crippen molar-refractivity contribution in [2.75, 3.05) is 7.05 Å². The minimum Gasteiger partial charge on any atom is -0.347 e. The van der Waals surface area contributed by atoms with Crippen molar-refractivity contribution >= 4 is 17.5 Å². The Kier molecular flexibility index (Phi) is 3.96. The highest BCUT2D eigenvalue weighted by Crippen LogP contribution is 2.22. The topological polar surface area (TPSA) is 25.2 Å². The number of hydrogen-bond donors (Lipinski definition) is 0. The molecule has 1 aromatic heterocycles. The van der Waals surface area contributed by atoms with Crippen LogP contribution in [0.1, 0.15) is 29.0 Å². The van der Waals surface area contributed by atoms with Crippen LogP contribution in [-0.2, 0) is 7.05 Å². The molecule has 1 atom stereocenters. The molecule has 0 radical (unpaired) electrons. The van der Waals surface area contributed by atoms with Gasteiger partial charge in [-0.3, -0.25) is 4.79 Å². The Morgan fingerprint density at radius 1 is 1.26 bits per heavy atom. The van der Waals surface area contributed by atoms with Crippen molar-refractivity contribution < 1.29 is 4.79 Å². The maximum atomic E-state index is 12.4. The van der Waals surface area contributed by atoms with Crippen molar-refractivity contribution in [3.63, 3.8) is 0 Å². The highest BCUT2D eigenvalue weighted by Gasteiger charge is 2.20. The summed E-state index contributed by atoms with van der Waals surface area (Å²) in [5, 5.41) is 0.701. The van der Waals surface area contributed by atoms with Gasteiger partial charge in [-0.15, -0.1) is 0 Å². The Balaban J connectivity index is 2.19. The van der Waals surface area contributed by atoms with E-state index in [2.05, 4.69) is 0 Å². The fourth-order valence-electron chi connectivity index (χ4n) is 2.00. The van der Waals surface area contributed by atoms with E-state index in [1.807, 2.05) is 68.2 Å². The predicted molar refractivity (Wildman–Crippen MR) is 77.4 cm³/mol. The molecule has 1 amide bonds. The van der Waals surface area contributed by atoms with E-state index in [0.717, 1.165) is 5.56 Å². The minimum atomic E-state index is -0.000309. The standard InChI is InChI=1S/C15H17ClN2O/c1-11(12-6-8-13(16)9-7-12)18(3)15(19)14-5-4-10-17(14)2/h4-11H,1-3H3. The van der Waals surface area contributed by atoms with Crippen LogP contribution in [-0.4, -0.2) is 22.4 Å². The quantitative estimate of drug-likeness (QED) is 0.842. The fraction of sp³-hybridized carbons (Fsp3) is 0.267. The molecule has 2 rings (SSSR count). The number of aryl methyl sites for hydroxylation is 1. The summed E-state index contributed by atoms with van der Waals surface area (Å²) < 4.78 is 1.83. The molecule has 0 N–H and O–H groups in total. The van der Waals surface area contributed by atoms with Gasteiger partial charge in [-0.2, -0.15) is 0 Å². The fourth-order valence-corrected chi connectivity index (χ4v) is 2.13. The van der Waals surface area contributed by atoms with Gasteiger partial charge in [0.1, 0.15) is 5.69 Å². The maximum absolute atomic E-state index is 12.4. The van der Waals surface area contributed by atoms with Crippen molar-refractivity contribution in [3.8, 4) is 0 Å². The number of nitrogens with zero attached hydrogens (tertiary/aromatic N) is 2. The number of carbonyl (C=O) groups excluding carboxylic acids is 1. The van der Waals surface area contributed by atoms with Gasteiger partial charge in [0, 0.05) is 25.3 Å². The Labute approximate surface area is 118 Å². The van der Waals surface area contributed by atoms with E-state index in [9.17, 15) is 4.79 Å². The Morgan fingerprint density at radius 2 is 1.89 bits per heavy atom. The van der Waals surface area contributed by atoms with Crippen molar-refractivity contribution in [2.45, 2.75) is 13.0 Å². The molecule has 1 unspecified atom stereocenters. The van der Waals surface area contributed by atoms with Gasteiger partial charge in [-0.25, -0.2) is 0 Å². The van der Waals surface area contributed by atoms with Crippen LogP contribution in [0.2, 0.25) is 5.02 Å². The largest absolute Gasteiger partial charge is 0.347 e. The lowest BCUT2D eigenvalue weighted by Crippen LogP contribution is -2.30. The van der Waals surface area contributed by atoms with E-state index >= 15 is 0 Å². The molecule has 0 bridgehead atoms. The second kappa shape index (κ2) is 5.49. The first-order valence-electron chi connectivity index (χ1n) is 6.14. The van der Waals surface area contributed by atoms with Gasteiger partial charge >= 0.3 is 0 Å². The lowest BCUT2D eigenvalue weighted by atomic mass is 10.1. The van der Waals surface area contributed by atoms with Crippen molar-refractivity contribution in [1.29, 1.82) is 0 Å². The summed E-state index contributed by atoms with van der Waals surface area (Å²) >= 11 is 5.88. The van der Waals surface area contributed by atoms with Gasteiger partial charge in [-0.05, 0) is 36.8 Å². The SMILES string of the molecule is CC(c1ccc(Cl)cc1)N(C)C(=O)c1cccn1C. The molecule has 0 aliphatic rings. The Morgan fingerprint density at radius 3 is 2.42 bits per heavy atom. The van der Waals surface area contributed by atoms with Gasteiger partial charge in [0.2, 0.25) is 0 Å². The van der Waals surface area contributed by atoms with Crippen LogP contribution in [0.15, 0.2) is 42.6 Å². The molecule has 0 saturated carbocycles. The summed E-state index contributed by atoms with van der Waals surface area (Å²) in [7, 11) is 3.68. The smallest absolute Gasteiger partial charge is 0.270 e. The molecule has 0 fully saturated rings. The van der Waals surface area contributed by atoms with E-state index < -0.39 is 0 Å². The van der Waals surface area contributed by atoms with Gasteiger partial charge in [0.15, 0.2) is 0 Å². The maximum Gasteiger partial charge on any atom is 0.270 e. The lowest BCUT2D eigenvalue weighted by molar-refractivity contribution is 0.0733. The number of halogens is 1. The first kappa shape index (κ1) is 13.7. The second-order valence-electron chi connectivity index (χ2n) is 4.65. The first-order chi connectivity index (χ1) is 9.00. The molecular weight excluding hydrogens is 260 g/mol. The van der Waals surface area contributed by atoms with E-state index in [-0.39, 0.29) is 11.9 Å². The minimum absolute atomic E-state index is 0.000309. The third-order valence-electron chi connectivity index (χ3n) is 3.42. The number of benzene rings is 1. The molecule has 19 heavy (non-hydrogen) atoms. The highest BCUT2D eigenvalue weighted by molar-refractivity contribution is 6.30. The predicted octanol–water partition coefficient (Wildman–Crippen LogP) is 3.51. The third-order valence-corrected chi connectivity index (χ3v) is 3.67. The van der Waals surface area contributed by atoms with Crippen LogP contribution in [0.4, 0.5) is 0 Å². The molecule has 2 aromatic rings. The number of rotatable bonds is 3. The molecule has 0 aliphatic heterocycles. The van der Waals surface area contributed by atoms with E-state index in [4.69, 9.17) is 11.6 Å². The summed E-state index contributed by atoms with van der Waals surface area (Å²) in [6, 6.07) is 11.3. The van der Waals surface area contributed by atoms with Crippen molar-refractivity contribution in [3.05, 3.63) is 58.9 Å². The highest BCUT2D eigenvalue weighted by atomic mass is 35.5. The molecule has 0 spiro atoms. The van der Waals surface area contributed by atoms with Crippen LogP contribution in [0.3, 0.4) is 0 Å². The Bertz CT molecular complexity index is 574. The molecule has 100 valence electrons. The molecule has 3 nitrogen and oxygen atoms in total. The molecular formula is C15H17ClN2O. The number of hydrogen-bond acceptors (Lipinski definition) is 1. The lowest BCUT2D eigenvalue weighted by Gasteiger charge is -2.25. The van der Waals surface area contributed by atoms with Gasteiger partial charge in [0.25, 0.3) is 5.91 Å². The van der Waals surface area contributed by atoms with Crippen LogP contribution in [0.25, 0.3) is 0 Å². The molecule has 0 saturated heterocycles. The monoisotopic (exact) mass is 276 g/mol. The number of amides is 1. The molecule has 4 heteroatoms. The Hall–Kier alpha value is -1.74. The zero-order valence-corrected chi connectivity index (χ0v) is 12.1. The number of aromatic nitrogens is 1. The summed E-state index contributed by atoms with van der Waals surface area (Å²) in [6.07, 6.45) is 1.87. The van der Waals surface area contributed by atoms with Crippen LogP contribution >= 0.6 is 11.6 Å². The van der Waals surface area contributed by atoms with Crippen molar-refractivity contribution in [2.24, 2.45) is 7.05 Å². The number of carbonyl (C=O) groups is 1. The third kappa shape index (κ3) is 2.82. The van der Waals surface area contributed by atoms with E-state index in [1.54, 1.807) is 4.90 Å². The van der Waals surface area contributed by atoms with E-state index in [1.165, 1.54) is 0 Å². The normalized spacial score (nSPS) is 12.2. The summed E-state index contributed by atoms with van der Waals surface area (Å²) in [5.74, 6) is 0.00921. The van der Waals surface area contributed by atoms with Crippen molar-refractivity contribution in [1.82, 2.24) is 9.47 Å². The molecule has 1 heterocycles. The average molecular weight is 277 g/mol. The van der Waals surface area contributed by atoms with Gasteiger partial charge in [-0.1, -0.05) is 23.7 Å². The summed E-state index contributed by atoms with van der Waals surface area (Å²) in [4.78, 5) is 14.1. The van der Waals surface area contributed by atoms with Crippen LogP contribution in [0.5, 0.6) is 0 Å². The second-order valence-corrected chi connectivity index (χ2v) is 5.08. The van der Waals surface area contributed by atoms with E-state index in [0.29, 0.717) is 10.7 Å². The summed E-state index contributed by atoms with van der Waals surface area (Å²) in [6.45, 7) is 2.00. The zero-order valence-electron chi connectivity index (χ0n) is 11.3. The molecule has 0 aliphatic carbocycles. The summed E-state index contributed by atoms with van der Waals surface area (Å²) in [5.41, 5.74) is 1.75. The average Bonchev–Trinajstić information content (AvgIpc) is 2.83. The van der Waals surface area contributed by atoms with Crippen LogP contribution < -0.4 is 0 Å².